The molecule has 102 valence electrons. The lowest BCUT2D eigenvalue weighted by atomic mass is 9.95. The van der Waals surface area contributed by atoms with Crippen LogP contribution in [-0.4, -0.2) is 6.54 Å². The van der Waals surface area contributed by atoms with Crippen molar-refractivity contribution in [1.82, 2.24) is 5.32 Å². The van der Waals surface area contributed by atoms with Gasteiger partial charge in [0.05, 0.1) is 5.56 Å². The molecule has 1 N–H and O–H groups in total. The van der Waals surface area contributed by atoms with Crippen molar-refractivity contribution in [2.24, 2.45) is 0 Å². The highest BCUT2D eigenvalue weighted by Crippen LogP contribution is 2.35. The highest BCUT2D eigenvalue weighted by Gasteiger charge is 2.35. The van der Waals surface area contributed by atoms with Crippen LogP contribution in [0.3, 0.4) is 0 Å². The molecule has 0 bridgehead atoms. The summed E-state index contributed by atoms with van der Waals surface area (Å²) < 4.78 is 51.4. The molecule has 1 saturated heterocycles. The predicted octanol–water partition coefficient (Wildman–Crippen LogP) is 4.08. The van der Waals surface area contributed by atoms with E-state index in [1.165, 1.54) is 12.1 Å². The van der Waals surface area contributed by atoms with Gasteiger partial charge in [-0.1, -0.05) is 18.6 Å². The summed E-state index contributed by atoms with van der Waals surface area (Å²) in [6.45, 7) is 0.723. The maximum Gasteiger partial charge on any atom is 0.419 e. The van der Waals surface area contributed by atoms with Crippen molar-refractivity contribution in [3.8, 4) is 0 Å². The number of benzene rings is 1. The lowest BCUT2D eigenvalue weighted by molar-refractivity contribution is -0.140. The van der Waals surface area contributed by atoms with Gasteiger partial charge < -0.3 is 5.32 Å². The van der Waals surface area contributed by atoms with E-state index in [1.807, 2.05) is 0 Å². The molecule has 18 heavy (non-hydrogen) atoms. The monoisotopic (exact) mass is 283 g/mol. The fraction of sp³-hybridized carbons (Fsp3) is 0.500. The number of hydrogen-bond donors (Lipinski definition) is 1. The summed E-state index contributed by atoms with van der Waals surface area (Å²) in [5, 5.41) is 3.05. The SMILES string of the molecule is Cl.Fc1c([C@H]2CCCCN2)cccc1C(F)(F)F. The Bertz CT molecular complexity index is 400. The maximum atomic E-state index is 13.8. The number of nitrogens with one attached hydrogen (secondary N) is 1. The molecule has 0 saturated carbocycles. The first kappa shape index (κ1) is 15.2. The van der Waals surface area contributed by atoms with E-state index >= 15 is 0 Å². The van der Waals surface area contributed by atoms with Gasteiger partial charge in [0.1, 0.15) is 5.82 Å². The summed E-state index contributed by atoms with van der Waals surface area (Å²) in [7, 11) is 0. The Morgan fingerprint density at radius 2 is 1.89 bits per heavy atom. The minimum atomic E-state index is -4.63. The van der Waals surface area contributed by atoms with Crippen LogP contribution in [0.15, 0.2) is 18.2 Å². The molecule has 1 aromatic rings. The summed E-state index contributed by atoms with van der Waals surface area (Å²) in [5.41, 5.74) is -1.05. The third kappa shape index (κ3) is 3.14. The van der Waals surface area contributed by atoms with Gasteiger partial charge in [0.15, 0.2) is 0 Å². The Balaban J connectivity index is 0.00000162. The van der Waals surface area contributed by atoms with E-state index in [4.69, 9.17) is 0 Å². The van der Waals surface area contributed by atoms with E-state index in [9.17, 15) is 17.6 Å². The molecule has 0 radical (unpaired) electrons. The topological polar surface area (TPSA) is 12.0 Å². The van der Waals surface area contributed by atoms with Crippen LogP contribution in [0.5, 0.6) is 0 Å². The van der Waals surface area contributed by atoms with E-state index in [-0.39, 0.29) is 24.0 Å². The first-order chi connectivity index (χ1) is 8.00. The molecule has 6 heteroatoms. The molecule has 1 aliphatic rings. The Morgan fingerprint density at radius 1 is 1.17 bits per heavy atom. The second-order valence-corrected chi connectivity index (χ2v) is 4.21. The second kappa shape index (κ2) is 5.89. The Kier molecular flexibility index (Phi) is 4.99. The van der Waals surface area contributed by atoms with Crippen LogP contribution in [-0.2, 0) is 6.18 Å². The number of hydrogen-bond acceptors (Lipinski definition) is 1. The van der Waals surface area contributed by atoms with Gasteiger partial charge in [0, 0.05) is 11.6 Å². The zero-order valence-corrected chi connectivity index (χ0v) is 10.4. The number of halogens is 5. The van der Waals surface area contributed by atoms with Crippen LogP contribution in [0.4, 0.5) is 17.6 Å². The lowest BCUT2D eigenvalue weighted by Gasteiger charge is -2.25. The van der Waals surface area contributed by atoms with Crippen molar-refractivity contribution in [1.29, 1.82) is 0 Å². The van der Waals surface area contributed by atoms with Crippen molar-refractivity contribution in [2.45, 2.75) is 31.5 Å². The van der Waals surface area contributed by atoms with Crippen LogP contribution in [0.1, 0.15) is 36.4 Å². The lowest BCUT2D eigenvalue weighted by Crippen LogP contribution is -2.28. The van der Waals surface area contributed by atoms with E-state index in [0.717, 1.165) is 25.5 Å². The summed E-state index contributed by atoms with van der Waals surface area (Å²) in [6, 6.07) is 3.17. The molecule has 1 nitrogen and oxygen atoms in total. The molecule has 1 atom stereocenters. The molecule has 2 rings (SSSR count). The van der Waals surface area contributed by atoms with Gasteiger partial charge in [-0.05, 0) is 25.5 Å². The third-order valence-corrected chi connectivity index (χ3v) is 3.02. The van der Waals surface area contributed by atoms with Crippen molar-refractivity contribution < 1.29 is 17.6 Å². The van der Waals surface area contributed by atoms with E-state index in [2.05, 4.69) is 5.32 Å². The largest absolute Gasteiger partial charge is 0.419 e. The summed E-state index contributed by atoms with van der Waals surface area (Å²) in [4.78, 5) is 0. The van der Waals surface area contributed by atoms with Gasteiger partial charge in [0.2, 0.25) is 0 Å². The van der Waals surface area contributed by atoms with Crippen LogP contribution in [0, 0.1) is 5.82 Å². The smallest absolute Gasteiger partial charge is 0.310 e. The molecule has 1 aromatic carbocycles. The number of rotatable bonds is 1. The average Bonchev–Trinajstić information content (AvgIpc) is 2.29. The van der Waals surface area contributed by atoms with E-state index in [0.29, 0.717) is 6.42 Å². The molecule has 0 aromatic heterocycles. The maximum absolute atomic E-state index is 13.8. The molecule has 1 fully saturated rings. The highest BCUT2D eigenvalue weighted by atomic mass is 35.5. The van der Waals surface area contributed by atoms with Gasteiger partial charge in [-0.15, -0.1) is 12.4 Å². The fourth-order valence-corrected chi connectivity index (χ4v) is 2.16. The zero-order chi connectivity index (χ0) is 12.5. The molecule has 1 aliphatic heterocycles. The van der Waals surface area contributed by atoms with Gasteiger partial charge in [-0.2, -0.15) is 13.2 Å². The second-order valence-electron chi connectivity index (χ2n) is 4.21. The van der Waals surface area contributed by atoms with Crippen LogP contribution in [0.25, 0.3) is 0 Å². The highest BCUT2D eigenvalue weighted by molar-refractivity contribution is 5.85. The Hall–Kier alpha value is -0.810. The van der Waals surface area contributed by atoms with E-state index < -0.39 is 17.6 Å². The van der Waals surface area contributed by atoms with Crippen molar-refractivity contribution >= 4 is 12.4 Å². The fourth-order valence-electron chi connectivity index (χ4n) is 2.16. The minimum Gasteiger partial charge on any atom is -0.310 e. The summed E-state index contributed by atoms with van der Waals surface area (Å²) in [6.07, 6.45) is -2.06. The minimum absolute atomic E-state index is 0. The first-order valence-corrected chi connectivity index (χ1v) is 5.59. The first-order valence-electron chi connectivity index (χ1n) is 5.59. The Morgan fingerprint density at radius 3 is 2.44 bits per heavy atom. The summed E-state index contributed by atoms with van der Waals surface area (Å²) in [5.74, 6) is -1.14. The van der Waals surface area contributed by atoms with Gasteiger partial charge >= 0.3 is 6.18 Å². The summed E-state index contributed by atoms with van der Waals surface area (Å²) >= 11 is 0. The third-order valence-electron chi connectivity index (χ3n) is 3.02. The van der Waals surface area contributed by atoms with Crippen LogP contribution in [0.2, 0.25) is 0 Å². The molecule has 0 spiro atoms. The molecular formula is C12H14ClF4N. The van der Waals surface area contributed by atoms with Crippen molar-refractivity contribution in [2.75, 3.05) is 6.54 Å². The van der Waals surface area contributed by atoms with Crippen LogP contribution < -0.4 is 5.32 Å². The van der Waals surface area contributed by atoms with Crippen molar-refractivity contribution in [3.63, 3.8) is 0 Å². The van der Waals surface area contributed by atoms with Crippen molar-refractivity contribution in [3.05, 3.63) is 35.1 Å². The molecule has 0 unspecified atom stereocenters. The number of alkyl halides is 3. The predicted molar refractivity (Wildman–Crippen MR) is 63.2 cm³/mol. The molecule has 0 aliphatic carbocycles. The quantitative estimate of drug-likeness (QED) is 0.766. The zero-order valence-electron chi connectivity index (χ0n) is 9.56. The van der Waals surface area contributed by atoms with Gasteiger partial charge in [-0.25, -0.2) is 4.39 Å². The normalized spacial score (nSPS) is 20.3. The Labute approximate surface area is 109 Å². The van der Waals surface area contributed by atoms with Gasteiger partial charge in [-0.3, -0.25) is 0 Å². The molecular weight excluding hydrogens is 270 g/mol. The van der Waals surface area contributed by atoms with Gasteiger partial charge in [0.25, 0.3) is 0 Å². The molecule has 1 heterocycles. The van der Waals surface area contributed by atoms with Crippen LogP contribution >= 0.6 is 12.4 Å². The standard InChI is InChI=1S/C12H13F4N.ClH/c13-11-8(10-6-1-2-7-17-10)4-3-5-9(11)12(14,15)16;/h3-5,10,17H,1-2,6-7H2;1H/t10-;/m1./s1. The van der Waals surface area contributed by atoms with E-state index in [1.54, 1.807) is 0 Å². The number of piperidine rings is 1. The molecule has 0 amide bonds. The average molecular weight is 284 g/mol.